The summed E-state index contributed by atoms with van der Waals surface area (Å²) in [6.45, 7) is 4.02. The van der Waals surface area contributed by atoms with Crippen LogP contribution in [-0.2, 0) is 10.3 Å². The van der Waals surface area contributed by atoms with Crippen molar-refractivity contribution < 1.29 is 4.79 Å². The maximum atomic E-state index is 12.6. The molecule has 0 saturated heterocycles. The monoisotopic (exact) mass is 322 g/mol. The van der Waals surface area contributed by atoms with Crippen LogP contribution in [-0.4, -0.2) is 30.5 Å². The second kappa shape index (κ2) is 5.30. The van der Waals surface area contributed by atoms with Gasteiger partial charge in [0.15, 0.2) is 0 Å². The summed E-state index contributed by atoms with van der Waals surface area (Å²) in [5, 5.41) is 10.8. The molecule has 1 aromatic carbocycles. The quantitative estimate of drug-likeness (QED) is 0.799. The number of imidazole rings is 1. The molecule has 2 heterocycles. The first-order chi connectivity index (χ1) is 11.6. The van der Waals surface area contributed by atoms with Crippen LogP contribution in [0.2, 0.25) is 0 Å². The Labute approximate surface area is 139 Å². The summed E-state index contributed by atoms with van der Waals surface area (Å²) in [5.41, 5.74) is 3.33. The molecule has 0 unspecified atom stereocenters. The van der Waals surface area contributed by atoms with Gasteiger partial charge in [0.25, 0.3) is 5.91 Å². The Morgan fingerprint density at radius 3 is 2.50 bits per heavy atom. The summed E-state index contributed by atoms with van der Waals surface area (Å²) in [4.78, 5) is 16.9. The molecule has 1 aliphatic carbocycles. The highest BCUT2D eigenvalue weighted by Crippen LogP contribution is 2.43. The lowest BCUT2D eigenvalue weighted by Gasteiger charge is -2.15. The minimum atomic E-state index is -0.576. The molecule has 7 heteroatoms. The van der Waals surface area contributed by atoms with E-state index in [1.807, 2.05) is 49.0 Å². The fourth-order valence-electron chi connectivity index (χ4n) is 2.83. The predicted molar refractivity (Wildman–Crippen MR) is 88.9 cm³/mol. The second-order valence-electron chi connectivity index (χ2n) is 6.17. The number of nitrogens with one attached hydrogen (secondary N) is 1. The summed E-state index contributed by atoms with van der Waals surface area (Å²) in [6, 6.07) is 7.75. The number of benzene rings is 1. The van der Waals surface area contributed by atoms with Gasteiger partial charge in [-0.25, -0.2) is 9.67 Å². The topological polar surface area (TPSA) is 77.6 Å². The highest BCUT2D eigenvalue weighted by Gasteiger charge is 2.52. The van der Waals surface area contributed by atoms with Crippen molar-refractivity contribution in [2.75, 3.05) is 5.32 Å². The summed E-state index contributed by atoms with van der Waals surface area (Å²) >= 11 is 0. The van der Waals surface area contributed by atoms with Crippen LogP contribution in [0.1, 0.15) is 24.2 Å². The molecule has 2 aromatic heterocycles. The number of amides is 1. The number of rotatable bonds is 4. The Balaban J connectivity index is 1.52. The Morgan fingerprint density at radius 2 is 1.96 bits per heavy atom. The van der Waals surface area contributed by atoms with Crippen molar-refractivity contribution in [3.05, 3.63) is 54.4 Å². The van der Waals surface area contributed by atoms with Crippen molar-refractivity contribution in [2.45, 2.75) is 32.2 Å². The molecule has 122 valence electrons. The Kier molecular flexibility index (Phi) is 3.23. The molecule has 0 atom stereocenters. The van der Waals surface area contributed by atoms with E-state index >= 15 is 0 Å². The first-order valence-electron chi connectivity index (χ1n) is 7.89. The van der Waals surface area contributed by atoms with Crippen LogP contribution in [0.5, 0.6) is 0 Å². The molecule has 0 radical (unpaired) electrons. The summed E-state index contributed by atoms with van der Waals surface area (Å²) in [6.07, 6.45) is 6.71. The second-order valence-corrected chi connectivity index (χ2v) is 6.17. The standard InChI is InChI=1S/C17H18N6O/c1-12-13(2)22(11-18-12)15-5-3-14(4-6-15)20-16(24)17(7-8-17)23-10-9-19-21-23/h3-6,9-11H,7-8H2,1-2H3,(H,20,24). The van der Waals surface area contributed by atoms with Gasteiger partial charge in [0, 0.05) is 23.3 Å². The van der Waals surface area contributed by atoms with E-state index in [0.29, 0.717) is 0 Å². The predicted octanol–water partition coefficient (Wildman–Crippen LogP) is 2.21. The third-order valence-corrected chi connectivity index (χ3v) is 4.66. The maximum Gasteiger partial charge on any atom is 0.252 e. The van der Waals surface area contributed by atoms with Gasteiger partial charge in [-0.05, 0) is 51.0 Å². The Hall–Kier alpha value is -2.96. The molecule has 1 aliphatic rings. The van der Waals surface area contributed by atoms with Crippen molar-refractivity contribution in [3.8, 4) is 5.69 Å². The lowest BCUT2D eigenvalue weighted by Crippen LogP contribution is -2.33. The number of aryl methyl sites for hydroxylation is 1. The molecular weight excluding hydrogens is 304 g/mol. The van der Waals surface area contributed by atoms with E-state index in [4.69, 9.17) is 0 Å². The van der Waals surface area contributed by atoms with E-state index in [1.165, 1.54) is 0 Å². The maximum absolute atomic E-state index is 12.6. The average Bonchev–Trinajstić information content (AvgIpc) is 3.08. The van der Waals surface area contributed by atoms with Gasteiger partial charge in [-0.2, -0.15) is 0 Å². The van der Waals surface area contributed by atoms with E-state index in [9.17, 15) is 4.79 Å². The van der Waals surface area contributed by atoms with Crippen LogP contribution in [0.4, 0.5) is 5.69 Å². The van der Waals surface area contributed by atoms with Gasteiger partial charge in [0.2, 0.25) is 0 Å². The zero-order chi connectivity index (χ0) is 16.7. The Bertz CT molecular complexity index is 874. The van der Waals surface area contributed by atoms with Crippen LogP contribution in [0.15, 0.2) is 43.0 Å². The normalized spacial score (nSPS) is 15.2. The lowest BCUT2D eigenvalue weighted by molar-refractivity contribution is -0.120. The van der Waals surface area contributed by atoms with Crippen LogP contribution < -0.4 is 5.32 Å². The fourth-order valence-corrected chi connectivity index (χ4v) is 2.83. The molecule has 24 heavy (non-hydrogen) atoms. The lowest BCUT2D eigenvalue weighted by atomic mass is 10.2. The van der Waals surface area contributed by atoms with E-state index in [2.05, 4.69) is 20.6 Å². The minimum absolute atomic E-state index is 0.0459. The van der Waals surface area contributed by atoms with Crippen molar-refractivity contribution >= 4 is 11.6 Å². The minimum Gasteiger partial charge on any atom is -0.324 e. The molecule has 1 N–H and O–H groups in total. The zero-order valence-electron chi connectivity index (χ0n) is 13.6. The third kappa shape index (κ3) is 2.29. The molecule has 3 aromatic rings. The molecular formula is C17H18N6O. The fraction of sp³-hybridized carbons (Fsp3) is 0.294. The SMILES string of the molecule is Cc1ncn(-c2ccc(NC(=O)C3(n4ccnn4)CC3)cc2)c1C. The van der Waals surface area contributed by atoms with Crippen LogP contribution in [0, 0.1) is 13.8 Å². The van der Waals surface area contributed by atoms with E-state index in [1.54, 1.807) is 17.1 Å². The van der Waals surface area contributed by atoms with Gasteiger partial charge in [-0.15, -0.1) is 5.10 Å². The molecule has 1 fully saturated rings. The van der Waals surface area contributed by atoms with E-state index in [-0.39, 0.29) is 5.91 Å². The van der Waals surface area contributed by atoms with E-state index < -0.39 is 5.54 Å². The van der Waals surface area contributed by atoms with Crippen LogP contribution in [0.3, 0.4) is 0 Å². The molecule has 4 rings (SSSR count). The van der Waals surface area contributed by atoms with Crippen molar-refractivity contribution in [1.29, 1.82) is 0 Å². The van der Waals surface area contributed by atoms with Crippen LogP contribution in [0.25, 0.3) is 5.69 Å². The van der Waals surface area contributed by atoms with Crippen molar-refractivity contribution in [2.24, 2.45) is 0 Å². The first-order valence-corrected chi connectivity index (χ1v) is 7.89. The number of hydrogen-bond acceptors (Lipinski definition) is 4. The smallest absolute Gasteiger partial charge is 0.252 e. The number of aromatic nitrogens is 5. The Morgan fingerprint density at radius 1 is 1.21 bits per heavy atom. The molecule has 1 saturated carbocycles. The summed E-state index contributed by atoms with van der Waals surface area (Å²) in [7, 11) is 0. The first kappa shape index (κ1) is 14.6. The molecule has 7 nitrogen and oxygen atoms in total. The van der Waals surface area contributed by atoms with Gasteiger partial charge in [-0.1, -0.05) is 5.21 Å². The molecule has 0 aliphatic heterocycles. The van der Waals surface area contributed by atoms with Gasteiger partial charge in [0.05, 0.1) is 18.2 Å². The van der Waals surface area contributed by atoms with Crippen molar-refractivity contribution in [1.82, 2.24) is 24.5 Å². The third-order valence-electron chi connectivity index (χ3n) is 4.66. The van der Waals surface area contributed by atoms with Crippen LogP contribution >= 0.6 is 0 Å². The largest absolute Gasteiger partial charge is 0.324 e. The number of nitrogens with zero attached hydrogens (tertiary/aromatic N) is 5. The number of carbonyl (C=O) groups excluding carboxylic acids is 1. The molecule has 0 bridgehead atoms. The van der Waals surface area contributed by atoms with Gasteiger partial charge in [-0.3, -0.25) is 4.79 Å². The number of hydrogen-bond donors (Lipinski definition) is 1. The highest BCUT2D eigenvalue weighted by molar-refractivity contribution is 5.98. The van der Waals surface area contributed by atoms with Gasteiger partial charge >= 0.3 is 0 Å². The average molecular weight is 322 g/mol. The number of carbonyl (C=O) groups is 1. The summed E-state index contributed by atoms with van der Waals surface area (Å²) < 4.78 is 3.67. The zero-order valence-corrected chi connectivity index (χ0v) is 13.6. The van der Waals surface area contributed by atoms with Gasteiger partial charge < -0.3 is 9.88 Å². The summed E-state index contributed by atoms with van der Waals surface area (Å²) in [5.74, 6) is -0.0459. The highest BCUT2D eigenvalue weighted by atomic mass is 16.2. The van der Waals surface area contributed by atoms with E-state index in [0.717, 1.165) is 35.6 Å². The van der Waals surface area contributed by atoms with Crippen molar-refractivity contribution in [3.63, 3.8) is 0 Å². The number of anilines is 1. The molecule has 0 spiro atoms. The van der Waals surface area contributed by atoms with Gasteiger partial charge in [0.1, 0.15) is 5.54 Å². The molecule has 1 amide bonds.